The lowest BCUT2D eigenvalue weighted by Crippen LogP contribution is -2.24. The predicted molar refractivity (Wildman–Crippen MR) is 107 cm³/mol. The van der Waals surface area contributed by atoms with E-state index in [2.05, 4.69) is 5.32 Å². The van der Waals surface area contributed by atoms with Crippen molar-refractivity contribution in [1.29, 1.82) is 0 Å². The molecule has 0 aliphatic rings. The van der Waals surface area contributed by atoms with E-state index in [1.165, 1.54) is 20.2 Å². The van der Waals surface area contributed by atoms with Crippen molar-refractivity contribution in [2.75, 3.05) is 20.8 Å². The van der Waals surface area contributed by atoms with E-state index in [-0.39, 0.29) is 18.3 Å². The second kappa shape index (κ2) is 8.43. The maximum atomic E-state index is 12.6. The predicted octanol–water partition coefficient (Wildman–Crippen LogP) is 3.77. The molecule has 0 unspecified atom stereocenters. The first-order valence-corrected chi connectivity index (χ1v) is 8.75. The first-order valence-electron chi connectivity index (χ1n) is 8.75. The Morgan fingerprint density at radius 2 is 1.93 bits per heavy atom. The van der Waals surface area contributed by atoms with Gasteiger partial charge < -0.3 is 19.2 Å². The highest BCUT2D eigenvalue weighted by molar-refractivity contribution is 6.08. The quantitative estimate of drug-likeness (QED) is 0.499. The number of rotatable bonds is 7. The van der Waals surface area contributed by atoms with E-state index in [0.29, 0.717) is 22.8 Å². The number of hydrogen-bond acceptors (Lipinski definition) is 5. The van der Waals surface area contributed by atoms with Crippen LogP contribution in [0.15, 0.2) is 53.0 Å². The Kier molecular flexibility index (Phi) is 5.79. The van der Waals surface area contributed by atoms with E-state index in [0.717, 1.165) is 16.5 Å². The molecule has 3 rings (SSSR count). The van der Waals surface area contributed by atoms with Gasteiger partial charge in [-0.15, -0.1) is 0 Å². The number of carbonyl (C=O) groups excluding carboxylic acids is 2. The zero-order chi connectivity index (χ0) is 20.1. The minimum absolute atomic E-state index is 0.105. The summed E-state index contributed by atoms with van der Waals surface area (Å²) in [6.07, 6.45) is 3.14. The summed E-state index contributed by atoms with van der Waals surface area (Å²) in [5.74, 6) is 0.793. The van der Waals surface area contributed by atoms with Crippen LogP contribution in [0.5, 0.6) is 11.5 Å². The Balaban J connectivity index is 1.78. The summed E-state index contributed by atoms with van der Waals surface area (Å²) in [4.78, 5) is 23.9. The number of carbonyl (C=O) groups is 2. The van der Waals surface area contributed by atoms with Gasteiger partial charge in [-0.3, -0.25) is 9.59 Å². The number of aryl methyl sites for hydroxylation is 1. The van der Waals surface area contributed by atoms with Gasteiger partial charge in [-0.05, 0) is 36.8 Å². The molecular weight excluding hydrogens is 358 g/mol. The number of methoxy groups -OCH3 is 1. The Morgan fingerprint density at radius 1 is 1.14 bits per heavy atom. The Bertz CT molecular complexity index is 1050. The third-order valence-corrected chi connectivity index (χ3v) is 4.32. The number of furan rings is 1. The SMILES string of the molecule is CNC(=O)COc1ccc(C=CC(=O)c2oc3ccccc3c2C)cc1OC. The number of likely N-dealkylation sites (N-methyl/N-ethyl adjacent to an activating group) is 1. The summed E-state index contributed by atoms with van der Waals surface area (Å²) in [5.41, 5.74) is 2.27. The Labute approximate surface area is 162 Å². The van der Waals surface area contributed by atoms with Gasteiger partial charge in [0.15, 0.2) is 23.9 Å². The third kappa shape index (κ3) is 4.06. The molecule has 0 saturated carbocycles. The highest BCUT2D eigenvalue weighted by Crippen LogP contribution is 2.29. The second-order valence-electron chi connectivity index (χ2n) is 6.12. The molecular formula is C22H21NO5. The van der Waals surface area contributed by atoms with Gasteiger partial charge in [0.2, 0.25) is 5.78 Å². The third-order valence-electron chi connectivity index (χ3n) is 4.32. The first-order chi connectivity index (χ1) is 13.5. The summed E-state index contributed by atoms with van der Waals surface area (Å²) in [5, 5.41) is 3.41. The van der Waals surface area contributed by atoms with Crippen LogP contribution in [0.3, 0.4) is 0 Å². The lowest BCUT2D eigenvalue weighted by Gasteiger charge is -2.10. The summed E-state index contributed by atoms with van der Waals surface area (Å²) in [7, 11) is 3.05. The zero-order valence-corrected chi connectivity index (χ0v) is 15.9. The van der Waals surface area contributed by atoms with E-state index in [1.54, 1.807) is 24.3 Å². The van der Waals surface area contributed by atoms with E-state index >= 15 is 0 Å². The van der Waals surface area contributed by atoms with Gasteiger partial charge in [0.25, 0.3) is 5.91 Å². The minimum atomic E-state index is -0.238. The molecule has 28 heavy (non-hydrogen) atoms. The number of benzene rings is 2. The van der Waals surface area contributed by atoms with Crippen LogP contribution in [-0.2, 0) is 4.79 Å². The summed E-state index contributed by atoms with van der Waals surface area (Å²) >= 11 is 0. The molecule has 2 aromatic carbocycles. The van der Waals surface area contributed by atoms with Gasteiger partial charge in [0, 0.05) is 18.0 Å². The van der Waals surface area contributed by atoms with Crippen LogP contribution in [0.2, 0.25) is 0 Å². The molecule has 1 heterocycles. The van der Waals surface area contributed by atoms with Gasteiger partial charge in [0.05, 0.1) is 7.11 Å². The molecule has 0 bridgehead atoms. The lowest BCUT2D eigenvalue weighted by molar-refractivity contribution is -0.122. The molecule has 0 aliphatic carbocycles. The van der Waals surface area contributed by atoms with E-state index in [9.17, 15) is 9.59 Å². The standard InChI is InChI=1S/C22H21NO5/c1-14-16-6-4-5-7-18(16)28-22(14)17(24)10-8-15-9-11-19(20(12-15)26-3)27-13-21(25)23-2/h4-12H,13H2,1-3H3,(H,23,25). The molecule has 144 valence electrons. The first kappa shape index (κ1) is 19.2. The van der Waals surface area contributed by atoms with Crippen molar-refractivity contribution in [1.82, 2.24) is 5.32 Å². The number of amides is 1. The van der Waals surface area contributed by atoms with Crippen molar-refractivity contribution in [3.63, 3.8) is 0 Å². The Morgan fingerprint density at radius 3 is 2.64 bits per heavy atom. The number of allylic oxidation sites excluding steroid dienone is 1. The van der Waals surface area contributed by atoms with Crippen LogP contribution in [-0.4, -0.2) is 32.5 Å². The number of ketones is 1. The molecule has 6 nitrogen and oxygen atoms in total. The van der Waals surface area contributed by atoms with E-state index in [4.69, 9.17) is 13.9 Å². The average Bonchev–Trinajstić information content (AvgIpc) is 3.07. The summed E-state index contributed by atoms with van der Waals surface area (Å²) < 4.78 is 16.4. The zero-order valence-electron chi connectivity index (χ0n) is 15.9. The van der Waals surface area contributed by atoms with Crippen molar-refractivity contribution in [3.05, 3.63) is 65.4 Å². The van der Waals surface area contributed by atoms with Gasteiger partial charge in [-0.1, -0.05) is 30.3 Å². The monoisotopic (exact) mass is 379 g/mol. The van der Waals surface area contributed by atoms with Gasteiger partial charge in [-0.2, -0.15) is 0 Å². The highest BCUT2D eigenvalue weighted by Gasteiger charge is 2.15. The van der Waals surface area contributed by atoms with Gasteiger partial charge in [0.1, 0.15) is 5.58 Å². The molecule has 1 aromatic heterocycles. The molecule has 0 saturated heterocycles. The molecule has 0 fully saturated rings. The summed E-state index contributed by atoms with van der Waals surface area (Å²) in [6, 6.07) is 12.7. The Hall–Kier alpha value is -3.54. The van der Waals surface area contributed by atoms with Crippen LogP contribution in [0, 0.1) is 6.92 Å². The fourth-order valence-electron chi connectivity index (χ4n) is 2.78. The number of fused-ring (bicyclic) bond motifs is 1. The summed E-state index contributed by atoms with van der Waals surface area (Å²) in [6.45, 7) is 1.76. The van der Waals surface area contributed by atoms with Gasteiger partial charge >= 0.3 is 0 Å². The van der Waals surface area contributed by atoms with E-state index in [1.807, 2.05) is 31.2 Å². The topological polar surface area (TPSA) is 77.8 Å². The van der Waals surface area contributed by atoms with Crippen LogP contribution in [0.4, 0.5) is 0 Å². The molecule has 1 amide bonds. The molecule has 6 heteroatoms. The number of hydrogen-bond donors (Lipinski definition) is 1. The van der Waals surface area contributed by atoms with Crippen molar-refractivity contribution in [2.45, 2.75) is 6.92 Å². The largest absolute Gasteiger partial charge is 0.493 e. The van der Waals surface area contributed by atoms with Crippen molar-refractivity contribution < 1.29 is 23.5 Å². The molecule has 0 radical (unpaired) electrons. The maximum Gasteiger partial charge on any atom is 0.257 e. The maximum absolute atomic E-state index is 12.6. The van der Waals surface area contributed by atoms with Crippen molar-refractivity contribution in [3.8, 4) is 11.5 Å². The second-order valence-corrected chi connectivity index (χ2v) is 6.12. The minimum Gasteiger partial charge on any atom is -0.493 e. The van der Waals surface area contributed by atoms with Crippen LogP contribution < -0.4 is 14.8 Å². The van der Waals surface area contributed by atoms with Gasteiger partial charge in [-0.25, -0.2) is 0 Å². The van der Waals surface area contributed by atoms with Crippen LogP contribution in [0.25, 0.3) is 17.0 Å². The molecule has 0 aliphatic heterocycles. The number of nitrogens with one attached hydrogen (secondary N) is 1. The lowest BCUT2D eigenvalue weighted by atomic mass is 10.1. The van der Waals surface area contributed by atoms with Crippen LogP contribution in [0.1, 0.15) is 21.7 Å². The fraction of sp³-hybridized carbons (Fsp3) is 0.182. The molecule has 0 spiro atoms. The smallest absolute Gasteiger partial charge is 0.257 e. The fourth-order valence-corrected chi connectivity index (χ4v) is 2.78. The van der Waals surface area contributed by atoms with E-state index < -0.39 is 0 Å². The molecule has 1 N–H and O–H groups in total. The molecule has 3 aromatic rings. The van der Waals surface area contributed by atoms with Crippen molar-refractivity contribution >= 4 is 28.7 Å². The number of ether oxygens (including phenoxy) is 2. The normalized spacial score (nSPS) is 11.0. The van der Waals surface area contributed by atoms with Crippen LogP contribution >= 0.6 is 0 Å². The average molecular weight is 379 g/mol. The molecule has 0 atom stereocenters. The van der Waals surface area contributed by atoms with Crippen molar-refractivity contribution in [2.24, 2.45) is 0 Å². The highest BCUT2D eigenvalue weighted by atomic mass is 16.5. The number of para-hydroxylation sites is 1.